The Labute approximate surface area is 101 Å². The van der Waals surface area contributed by atoms with Gasteiger partial charge in [0.1, 0.15) is 5.75 Å². The lowest BCUT2D eigenvalue weighted by atomic mass is 9.98. The predicted molar refractivity (Wildman–Crippen MR) is 67.2 cm³/mol. The van der Waals surface area contributed by atoms with Gasteiger partial charge in [0.25, 0.3) is 0 Å². The number of amides is 1. The van der Waals surface area contributed by atoms with Crippen molar-refractivity contribution in [2.24, 2.45) is 5.73 Å². The minimum Gasteiger partial charge on any atom is -0.491 e. The number of hydrogen-bond acceptors (Lipinski definition) is 3. The maximum Gasteiger partial charge on any atom is 0.220 e. The highest BCUT2D eigenvalue weighted by atomic mass is 16.5. The number of ether oxygens (including phenoxy) is 1. The van der Waals surface area contributed by atoms with Gasteiger partial charge in [-0.3, -0.25) is 4.79 Å². The van der Waals surface area contributed by atoms with Crippen LogP contribution in [-0.4, -0.2) is 18.6 Å². The lowest BCUT2D eigenvalue weighted by Gasteiger charge is -2.26. The molecule has 1 heterocycles. The fourth-order valence-corrected chi connectivity index (χ4v) is 2.02. The van der Waals surface area contributed by atoms with Crippen LogP contribution in [0.1, 0.15) is 25.3 Å². The number of carbonyl (C=O) groups is 1. The van der Waals surface area contributed by atoms with Crippen LogP contribution in [-0.2, 0) is 11.2 Å². The monoisotopic (exact) mass is 234 g/mol. The summed E-state index contributed by atoms with van der Waals surface area (Å²) in [5.41, 5.74) is 7.42. The second-order valence-electron chi connectivity index (χ2n) is 4.44. The van der Waals surface area contributed by atoms with E-state index in [4.69, 9.17) is 10.5 Å². The molecule has 1 aromatic carbocycles. The van der Waals surface area contributed by atoms with E-state index in [9.17, 15) is 4.79 Å². The summed E-state index contributed by atoms with van der Waals surface area (Å²) in [4.78, 5) is 10.7. The fourth-order valence-electron chi connectivity index (χ4n) is 2.02. The van der Waals surface area contributed by atoms with Crippen molar-refractivity contribution in [1.29, 1.82) is 0 Å². The lowest BCUT2D eigenvalue weighted by Crippen LogP contribution is -2.23. The Kier molecular flexibility index (Phi) is 3.52. The van der Waals surface area contributed by atoms with Crippen molar-refractivity contribution in [2.75, 3.05) is 11.9 Å². The van der Waals surface area contributed by atoms with Gasteiger partial charge in [0, 0.05) is 6.04 Å². The average Bonchev–Trinajstić information content (AvgIpc) is 2.29. The summed E-state index contributed by atoms with van der Waals surface area (Å²) in [6.45, 7) is 2.49. The van der Waals surface area contributed by atoms with Crippen molar-refractivity contribution < 1.29 is 9.53 Å². The third-order valence-electron chi connectivity index (χ3n) is 2.96. The number of nitrogens with one attached hydrogen (secondary N) is 1. The normalized spacial score (nSPS) is 18.1. The first-order valence-electron chi connectivity index (χ1n) is 5.96. The molecule has 0 aliphatic carbocycles. The number of anilines is 1. The number of para-hydroxylation sites is 1. The minimum atomic E-state index is -0.337. The zero-order valence-corrected chi connectivity index (χ0v) is 10.0. The van der Waals surface area contributed by atoms with Crippen molar-refractivity contribution in [1.82, 2.24) is 0 Å². The van der Waals surface area contributed by atoms with Gasteiger partial charge in [-0.1, -0.05) is 12.1 Å². The fraction of sp³-hybridized carbons (Fsp3) is 0.462. The molecule has 0 radical (unpaired) electrons. The molecule has 1 amide bonds. The number of nitrogens with two attached hydrogens (primary N) is 1. The number of benzene rings is 1. The maximum atomic E-state index is 10.7. The van der Waals surface area contributed by atoms with E-state index in [1.165, 1.54) is 5.56 Å². The summed E-state index contributed by atoms with van der Waals surface area (Å²) in [6, 6.07) is 6.47. The van der Waals surface area contributed by atoms with E-state index in [0.29, 0.717) is 12.6 Å². The smallest absolute Gasteiger partial charge is 0.220 e. The van der Waals surface area contributed by atoms with Gasteiger partial charge >= 0.3 is 0 Å². The van der Waals surface area contributed by atoms with Crippen LogP contribution in [0.5, 0.6) is 5.75 Å². The molecule has 4 nitrogen and oxygen atoms in total. The Hall–Kier alpha value is -1.71. The molecule has 17 heavy (non-hydrogen) atoms. The number of primary amides is 1. The number of hydrogen-bond donors (Lipinski definition) is 2. The Balaban J connectivity index is 2.09. The summed E-state index contributed by atoms with van der Waals surface area (Å²) >= 11 is 0. The largest absolute Gasteiger partial charge is 0.491 e. The van der Waals surface area contributed by atoms with Gasteiger partial charge in [-0.15, -0.1) is 0 Å². The van der Waals surface area contributed by atoms with Gasteiger partial charge in [-0.2, -0.15) is 0 Å². The number of fused-ring (bicyclic) bond motifs is 1. The standard InChI is InChI=1S/C13H18N2O2/c1-9-5-6-10-3-2-4-11(13(10)15-9)17-8-7-12(14)16/h2-4,9,15H,5-8H2,1H3,(H2,14,16). The number of carbonyl (C=O) groups excluding carboxylic acids is 1. The summed E-state index contributed by atoms with van der Waals surface area (Å²) < 4.78 is 5.60. The topological polar surface area (TPSA) is 64.3 Å². The molecule has 0 fully saturated rings. The third kappa shape index (κ3) is 2.90. The Bertz CT molecular complexity index is 418. The minimum absolute atomic E-state index is 0.249. The molecule has 1 aromatic rings. The van der Waals surface area contributed by atoms with Crippen molar-refractivity contribution in [3.63, 3.8) is 0 Å². The van der Waals surface area contributed by atoms with Crippen molar-refractivity contribution in [2.45, 2.75) is 32.2 Å². The van der Waals surface area contributed by atoms with E-state index in [2.05, 4.69) is 18.3 Å². The van der Waals surface area contributed by atoms with Crippen LogP contribution >= 0.6 is 0 Å². The molecule has 0 spiro atoms. The molecule has 3 N–H and O–H groups in total. The van der Waals surface area contributed by atoms with E-state index in [1.54, 1.807) is 0 Å². The SMILES string of the molecule is CC1CCc2cccc(OCCC(N)=O)c2N1. The average molecular weight is 234 g/mol. The van der Waals surface area contributed by atoms with Crippen LogP contribution in [0.2, 0.25) is 0 Å². The summed E-state index contributed by atoms with van der Waals surface area (Å²) in [5, 5.41) is 3.43. The van der Waals surface area contributed by atoms with Crippen LogP contribution < -0.4 is 15.8 Å². The quantitative estimate of drug-likeness (QED) is 0.833. The Morgan fingerprint density at radius 1 is 1.59 bits per heavy atom. The van der Waals surface area contributed by atoms with Crippen molar-refractivity contribution in [3.05, 3.63) is 23.8 Å². The van der Waals surface area contributed by atoms with E-state index >= 15 is 0 Å². The maximum absolute atomic E-state index is 10.7. The van der Waals surface area contributed by atoms with Crippen LogP contribution in [0.15, 0.2) is 18.2 Å². The molecular weight excluding hydrogens is 216 g/mol. The van der Waals surface area contributed by atoms with E-state index in [1.807, 2.05) is 12.1 Å². The Morgan fingerprint density at radius 3 is 3.18 bits per heavy atom. The van der Waals surface area contributed by atoms with Crippen LogP contribution in [0.3, 0.4) is 0 Å². The Morgan fingerprint density at radius 2 is 2.41 bits per heavy atom. The zero-order valence-electron chi connectivity index (χ0n) is 10.0. The molecule has 1 aliphatic heterocycles. The first-order valence-corrected chi connectivity index (χ1v) is 5.96. The molecule has 1 aliphatic rings. The predicted octanol–water partition coefficient (Wildman–Crippen LogP) is 1.69. The molecular formula is C13H18N2O2. The first kappa shape index (κ1) is 11.8. The molecule has 0 aromatic heterocycles. The summed E-state index contributed by atoms with van der Waals surface area (Å²) in [5.74, 6) is 0.478. The second kappa shape index (κ2) is 5.08. The highest BCUT2D eigenvalue weighted by Gasteiger charge is 2.17. The van der Waals surface area contributed by atoms with Crippen LogP contribution in [0.25, 0.3) is 0 Å². The van der Waals surface area contributed by atoms with Gasteiger partial charge in [0.05, 0.1) is 18.7 Å². The van der Waals surface area contributed by atoms with Gasteiger partial charge in [-0.25, -0.2) is 0 Å². The van der Waals surface area contributed by atoms with Gasteiger partial charge in [0.15, 0.2) is 0 Å². The molecule has 2 rings (SSSR count). The van der Waals surface area contributed by atoms with Gasteiger partial charge in [0.2, 0.25) is 5.91 Å². The molecule has 4 heteroatoms. The lowest BCUT2D eigenvalue weighted by molar-refractivity contribution is -0.118. The van der Waals surface area contributed by atoms with Gasteiger partial charge in [-0.05, 0) is 31.4 Å². The number of rotatable bonds is 4. The van der Waals surface area contributed by atoms with Crippen molar-refractivity contribution >= 4 is 11.6 Å². The molecule has 1 atom stereocenters. The highest BCUT2D eigenvalue weighted by Crippen LogP contribution is 2.33. The van der Waals surface area contributed by atoms with E-state index in [-0.39, 0.29) is 12.3 Å². The van der Waals surface area contributed by atoms with Crippen molar-refractivity contribution in [3.8, 4) is 5.75 Å². The molecule has 0 saturated heterocycles. The summed E-state index contributed by atoms with van der Waals surface area (Å²) in [7, 11) is 0. The second-order valence-corrected chi connectivity index (χ2v) is 4.44. The summed E-state index contributed by atoms with van der Waals surface area (Å²) in [6.07, 6.45) is 2.45. The number of aryl methyl sites for hydroxylation is 1. The molecule has 1 unspecified atom stereocenters. The van der Waals surface area contributed by atoms with Crippen LogP contribution in [0.4, 0.5) is 5.69 Å². The van der Waals surface area contributed by atoms with Crippen LogP contribution in [0, 0.1) is 0 Å². The molecule has 0 saturated carbocycles. The first-order chi connectivity index (χ1) is 8.16. The van der Waals surface area contributed by atoms with E-state index < -0.39 is 0 Å². The highest BCUT2D eigenvalue weighted by molar-refractivity contribution is 5.73. The third-order valence-corrected chi connectivity index (χ3v) is 2.96. The molecule has 92 valence electrons. The zero-order chi connectivity index (χ0) is 12.3. The molecule has 0 bridgehead atoms. The van der Waals surface area contributed by atoms with Gasteiger partial charge < -0.3 is 15.8 Å². The van der Waals surface area contributed by atoms with E-state index in [0.717, 1.165) is 24.3 Å².